The number of carbonyl (C=O) groups excluding carboxylic acids is 2. The molecule has 0 saturated heterocycles. The summed E-state index contributed by atoms with van der Waals surface area (Å²) in [5, 5.41) is 12.5. The van der Waals surface area contributed by atoms with Crippen molar-refractivity contribution in [2.24, 2.45) is 4.99 Å². The topological polar surface area (TPSA) is 88.0 Å². The Morgan fingerprint density at radius 2 is 2.10 bits per heavy atom. The van der Waals surface area contributed by atoms with Gasteiger partial charge in [0.2, 0.25) is 6.08 Å². The molecule has 0 spiro atoms. The van der Waals surface area contributed by atoms with Gasteiger partial charge in [-0.1, -0.05) is 12.1 Å². The number of aliphatic imine (C=N–C) groups is 1. The van der Waals surface area contributed by atoms with Crippen LogP contribution in [-0.2, 0) is 15.1 Å². The van der Waals surface area contributed by atoms with Crippen LogP contribution >= 0.6 is 0 Å². The first kappa shape index (κ1) is 15.1. The van der Waals surface area contributed by atoms with Crippen molar-refractivity contribution in [1.82, 2.24) is 0 Å². The highest BCUT2D eigenvalue weighted by Crippen LogP contribution is 2.53. The van der Waals surface area contributed by atoms with Crippen molar-refractivity contribution >= 4 is 17.9 Å². The zero-order valence-electron chi connectivity index (χ0n) is 12.3. The molecular weight excluding hydrogens is 272 g/mol. The Hall–Kier alpha value is -2.33. The number of anilines is 1. The second kappa shape index (κ2) is 5.22. The largest absolute Gasteiger partial charge is 0.506 e. The van der Waals surface area contributed by atoms with Crippen LogP contribution in [0.5, 0.6) is 5.75 Å². The first-order valence-corrected chi connectivity index (χ1v) is 6.69. The van der Waals surface area contributed by atoms with E-state index in [1.807, 2.05) is 0 Å². The molecule has 1 amide bonds. The lowest BCUT2D eigenvalue weighted by Gasteiger charge is -2.21. The minimum Gasteiger partial charge on any atom is -0.506 e. The van der Waals surface area contributed by atoms with Gasteiger partial charge in [-0.3, -0.25) is 5.32 Å². The molecule has 6 heteroatoms. The standard InChI is InChI=1S/C15H18N2O4/c1-14(2,3)21-13(20)17-12-10(5-4-6-11(12)19)15(7-8-15)16-9-18/h4-6,19H,7-8H2,1-3H3,(H,17,20). The number of nitrogens with one attached hydrogen (secondary N) is 1. The molecule has 0 unspecified atom stereocenters. The molecule has 1 saturated carbocycles. The van der Waals surface area contributed by atoms with Gasteiger partial charge in [-0.05, 0) is 39.7 Å². The van der Waals surface area contributed by atoms with Gasteiger partial charge in [0.05, 0.1) is 5.69 Å². The number of para-hydroxylation sites is 1. The summed E-state index contributed by atoms with van der Waals surface area (Å²) in [6, 6.07) is 4.82. The maximum atomic E-state index is 11.9. The third-order valence-corrected chi connectivity index (χ3v) is 3.15. The minimum absolute atomic E-state index is 0.0919. The molecule has 1 fully saturated rings. The average molecular weight is 290 g/mol. The highest BCUT2D eigenvalue weighted by atomic mass is 16.6. The van der Waals surface area contributed by atoms with Crippen molar-refractivity contribution in [2.45, 2.75) is 44.8 Å². The number of phenolic OH excluding ortho intramolecular Hbond substituents is 1. The van der Waals surface area contributed by atoms with E-state index >= 15 is 0 Å². The van der Waals surface area contributed by atoms with Crippen LogP contribution < -0.4 is 5.32 Å². The third-order valence-electron chi connectivity index (χ3n) is 3.15. The van der Waals surface area contributed by atoms with Crippen LogP contribution in [-0.4, -0.2) is 22.9 Å². The van der Waals surface area contributed by atoms with Crippen LogP contribution in [0.1, 0.15) is 39.2 Å². The number of isocyanates is 1. The first-order chi connectivity index (χ1) is 9.77. The lowest BCUT2D eigenvalue weighted by molar-refractivity contribution is 0.0635. The SMILES string of the molecule is CC(C)(C)OC(=O)Nc1c(O)cccc1C1(N=C=O)CC1. The molecule has 0 radical (unpaired) electrons. The molecule has 0 bridgehead atoms. The zero-order chi connectivity index (χ0) is 15.7. The molecule has 2 N–H and O–H groups in total. The fraction of sp³-hybridized carbons (Fsp3) is 0.467. The van der Waals surface area contributed by atoms with Crippen LogP contribution in [0, 0.1) is 0 Å². The van der Waals surface area contributed by atoms with Crippen molar-refractivity contribution in [3.05, 3.63) is 23.8 Å². The molecule has 0 atom stereocenters. The Kier molecular flexibility index (Phi) is 3.75. The monoisotopic (exact) mass is 290 g/mol. The van der Waals surface area contributed by atoms with Crippen LogP contribution in [0.15, 0.2) is 23.2 Å². The number of nitrogens with zero attached hydrogens (tertiary/aromatic N) is 1. The fourth-order valence-electron chi connectivity index (χ4n) is 2.11. The molecule has 2 rings (SSSR count). The molecule has 1 aliphatic rings. The maximum absolute atomic E-state index is 11.9. The van der Waals surface area contributed by atoms with E-state index in [4.69, 9.17) is 4.74 Å². The van der Waals surface area contributed by atoms with Crippen LogP contribution in [0.25, 0.3) is 0 Å². The number of phenols is 1. The van der Waals surface area contributed by atoms with Gasteiger partial charge in [0, 0.05) is 5.56 Å². The highest BCUT2D eigenvalue weighted by molar-refractivity contribution is 5.88. The third kappa shape index (κ3) is 3.41. The van der Waals surface area contributed by atoms with E-state index in [0.717, 1.165) is 0 Å². The molecule has 112 valence electrons. The van der Waals surface area contributed by atoms with E-state index in [1.165, 1.54) is 6.07 Å². The number of hydrogen-bond donors (Lipinski definition) is 2. The molecule has 0 aliphatic heterocycles. The molecular formula is C15H18N2O4. The van der Waals surface area contributed by atoms with Crippen molar-refractivity contribution < 1.29 is 19.4 Å². The Morgan fingerprint density at radius 3 is 2.62 bits per heavy atom. The number of carbonyl (C=O) groups is 1. The second-order valence-electron chi connectivity index (χ2n) is 6.06. The molecule has 1 aliphatic carbocycles. The second-order valence-corrected chi connectivity index (χ2v) is 6.06. The summed E-state index contributed by atoms with van der Waals surface area (Å²) in [6.45, 7) is 5.24. The summed E-state index contributed by atoms with van der Waals surface area (Å²) in [4.78, 5) is 26.3. The van der Waals surface area contributed by atoms with Crippen LogP contribution in [0.4, 0.5) is 10.5 Å². The predicted molar refractivity (Wildman–Crippen MR) is 77.0 cm³/mol. The quantitative estimate of drug-likeness (QED) is 0.508. The summed E-state index contributed by atoms with van der Waals surface area (Å²) >= 11 is 0. The number of ether oxygens (including phenoxy) is 1. The average Bonchev–Trinajstić information content (AvgIpc) is 3.10. The summed E-state index contributed by atoms with van der Waals surface area (Å²) in [6.07, 6.45) is 2.24. The molecule has 0 heterocycles. The van der Waals surface area contributed by atoms with Crippen molar-refractivity contribution in [3.63, 3.8) is 0 Å². The summed E-state index contributed by atoms with van der Waals surface area (Å²) in [5.74, 6) is -0.0919. The maximum Gasteiger partial charge on any atom is 0.412 e. The Labute approximate surface area is 122 Å². The van der Waals surface area contributed by atoms with Crippen molar-refractivity contribution in [3.8, 4) is 5.75 Å². The molecule has 6 nitrogen and oxygen atoms in total. The minimum atomic E-state index is -0.690. The Balaban J connectivity index is 2.31. The van der Waals surface area contributed by atoms with E-state index in [-0.39, 0.29) is 11.4 Å². The first-order valence-electron chi connectivity index (χ1n) is 6.69. The van der Waals surface area contributed by atoms with Gasteiger partial charge >= 0.3 is 6.09 Å². The number of aromatic hydroxyl groups is 1. The number of benzene rings is 1. The number of rotatable bonds is 3. The molecule has 21 heavy (non-hydrogen) atoms. The summed E-state index contributed by atoms with van der Waals surface area (Å²) in [7, 11) is 0. The number of hydrogen-bond acceptors (Lipinski definition) is 5. The fourth-order valence-corrected chi connectivity index (χ4v) is 2.11. The predicted octanol–water partition coefficient (Wildman–Crippen LogP) is 3.06. The molecule has 1 aromatic rings. The van der Waals surface area contributed by atoms with Gasteiger partial charge < -0.3 is 9.84 Å². The van der Waals surface area contributed by atoms with E-state index in [0.29, 0.717) is 18.4 Å². The van der Waals surface area contributed by atoms with Gasteiger partial charge in [-0.2, -0.15) is 4.99 Å². The van der Waals surface area contributed by atoms with Crippen LogP contribution in [0.3, 0.4) is 0 Å². The van der Waals surface area contributed by atoms with E-state index in [9.17, 15) is 14.7 Å². The summed E-state index contributed by atoms with van der Waals surface area (Å²) in [5.41, 5.74) is -0.516. The van der Waals surface area contributed by atoms with E-state index in [2.05, 4.69) is 10.3 Å². The number of amides is 1. The van der Waals surface area contributed by atoms with E-state index in [1.54, 1.807) is 39.0 Å². The lowest BCUT2D eigenvalue weighted by atomic mass is 10.0. The van der Waals surface area contributed by atoms with Gasteiger partial charge in [0.1, 0.15) is 16.9 Å². The smallest absolute Gasteiger partial charge is 0.412 e. The lowest BCUT2D eigenvalue weighted by Crippen LogP contribution is -2.28. The zero-order valence-corrected chi connectivity index (χ0v) is 12.3. The Morgan fingerprint density at radius 1 is 1.43 bits per heavy atom. The van der Waals surface area contributed by atoms with Crippen LogP contribution in [0.2, 0.25) is 0 Å². The van der Waals surface area contributed by atoms with Crippen molar-refractivity contribution in [1.29, 1.82) is 0 Å². The van der Waals surface area contributed by atoms with Gasteiger partial charge in [-0.25, -0.2) is 9.59 Å². The van der Waals surface area contributed by atoms with Gasteiger partial charge in [0.25, 0.3) is 0 Å². The van der Waals surface area contributed by atoms with Crippen molar-refractivity contribution in [2.75, 3.05) is 5.32 Å². The van der Waals surface area contributed by atoms with Gasteiger partial charge in [-0.15, -0.1) is 0 Å². The van der Waals surface area contributed by atoms with Gasteiger partial charge in [0.15, 0.2) is 0 Å². The normalized spacial score (nSPS) is 15.8. The Bertz CT molecular complexity index is 609. The molecule has 0 aromatic heterocycles. The summed E-state index contributed by atoms with van der Waals surface area (Å²) < 4.78 is 5.18. The highest BCUT2D eigenvalue weighted by Gasteiger charge is 2.47. The van der Waals surface area contributed by atoms with E-state index < -0.39 is 17.2 Å². The molecule has 1 aromatic carbocycles.